The fourth-order valence-corrected chi connectivity index (χ4v) is 3.21. The molecule has 4 heteroatoms. The molecule has 0 spiro atoms. The van der Waals surface area contributed by atoms with Gasteiger partial charge in [-0.15, -0.1) is 0 Å². The molecular weight excluding hydrogens is 388 g/mol. The van der Waals surface area contributed by atoms with Crippen LogP contribution in [0.25, 0.3) is 0 Å². The zero-order valence-corrected chi connectivity index (χ0v) is 21.6. The summed E-state index contributed by atoms with van der Waals surface area (Å²) in [7, 11) is 1.71. The van der Waals surface area contributed by atoms with E-state index >= 15 is 0 Å². The Morgan fingerprint density at radius 3 is 1.29 bits per heavy atom. The predicted octanol–water partition coefficient (Wildman–Crippen LogP) is 8.20. The Kier molecular flexibility index (Phi) is 26.4. The lowest BCUT2D eigenvalue weighted by atomic mass is 10.0. The first-order chi connectivity index (χ1) is 14.9. The van der Waals surface area contributed by atoms with Crippen LogP contribution in [0.4, 0.5) is 0 Å². The summed E-state index contributed by atoms with van der Waals surface area (Å²) >= 11 is 0. The zero-order valence-electron chi connectivity index (χ0n) is 21.6. The summed E-state index contributed by atoms with van der Waals surface area (Å²) in [5, 5.41) is 0. The second-order valence-electron chi connectivity index (χ2n) is 9.48. The van der Waals surface area contributed by atoms with E-state index in [1.54, 1.807) is 7.11 Å². The Morgan fingerprint density at radius 1 is 0.677 bits per heavy atom. The molecule has 0 aliphatic carbocycles. The van der Waals surface area contributed by atoms with Gasteiger partial charge in [0, 0.05) is 20.0 Å². The summed E-state index contributed by atoms with van der Waals surface area (Å²) in [5.74, 6) is -0.0413. The maximum absolute atomic E-state index is 11.2. The Hall–Kier alpha value is -0.900. The molecule has 0 fully saturated rings. The fraction of sp³-hybridized carbons (Fsp3) is 0.926. The third-order valence-corrected chi connectivity index (χ3v) is 5.37. The fourth-order valence-electron chi connectivity index (χ4n) is 3.21. The highest BCUT2D eigenvalue weighted by Gasteiger charge is 2.04. The maximum Gasteiger partial charge on any atom is 0.305 e. The van der Waals surface area contributed by atoms with E-state index in [0.29, 0.717) is 13.0 Å². The zero-order chi connectivity index (χ0) is 23.6. The molecule has 0 N–H and O–H groups in total. The van der Waals surface area contributed by atoms with Crippen LogP contribution >= 0.6 is 0 Å². The van der Waals surface area contributed by atoms with Crippen molar-refractivity contribution in [3.63, 3.8) is 0 Å². The number of aldehydes is 1. The first-order valence-corrected chi connectivity index (χ1v) is 13.0. The van der Waals surface area contributed by atoms with Crippen molar-refractivity contribution in [3.05, 3.63) is 0 Å². The van der Waals surface area contributed by atoms with Gasteiger partial charge in [-0.3, -0.25) is 4.79 Å². The van der Waals surface area contributed by atoms with Crippen LogP contribution in [0, 0.1) is 0 Å². The van der Waals surface area contributed by atoms with E-state index in [-0.39, 0.29) is 11.6 Å². The van der Waals surface area contributed by atoms with E-state index in [1.165, 1.54) is 83.5 Å². The summed E-state index contributed by atoms with van der Waals surface area (Å²) < 4.78 is 9.86. The van der Waals surface area contributed by atoms with Crippen molar-refractivity contribution in [2.24, 2.45) is 0 Å². The quantitative estimate of drug-likeness (QED) is 0.108. The van der Waals surface area contributed by atoms with Crippen LogP contribution in [0.3, 0.4) is 0 Å². The Balaban J connectivity index is 0. The molecule has 0 rings (SSSR count). The highest BCUT2D eigenvalue weighted by molar-refractivity contribution is 5.69. The minimum absolute atomic E-state index is 0.0413. The van der Waals surface area contributed by atoms with Gasteiger partial charge in [-0.2, -0.15) is 0 Å². The topological polar surface area (TPSA) is 52.6 Å². The van der Waals surface area contributed by atoms with Crippen molar-refractivity contribution in [1.29, 1.82) is 0 Å². The number of hydrogen-bond acceptors (Lipinski definition) is 4. The molecule has 0 amide bonds. The normalized spacial score (nSPS) is 11.0. The summed E-state index contributed by atoms with van der Waals surface area (Å²) in [6.07, 6.45) is 23.0. The summed E-state index contributed by atoms with van der Waals surface area (Å²) in [4.78, 5) is 21.4. The van der Waals surface area contributed by atoms with Gasteiger partial charge in [-0.25, -0.2) is 0 Å². The van der Waals surface area contributed by atoms with E-state index in [9.17, 15) is 9.59 Å². The molecule has 0 aromatic heterocycles. The molecule has 186 valence electrons. The summed E-state index contributed by atoms with van der Waals surface area (Å²) in [6, 6.07) is 0. The second kappa shape index (κ2) is 25.4. The van der Waals surface area contributed by atoms with Gasteiger partial charge in [-0.1, -0.05) is 89.9 Å². The lowest BCUT2D eigenvalue weighted by Gasteiger charge is -2.14. The van der Waals surface area contributed by atoms with Crippen LogP contribution in [-0.2, 0) is 19.1 Å². The van der Waals surface area contributed by atoms with Gasteiger partial charge in [0.1, 0.15) is 6.29 Å². The number of carbonyl (C=O) groups excluding carboxylic acids is 2. The maximum atomic E-state index is 11.2. The minimum atomic E-state index is -0.0413. The van der Waals surface area contributed by atoms with Crippen molar-refractivity contribution >= 4 is 12.3 Å². The number of methoxy groups -OCH3 is 1. The van der Waals surface area contributed by atoms with Gasteiger partial charge in [0.05, 0.1) is 12.2 Å². The third-order valence-electron chi connectivity index (χ3n) is 5.37. The van der Waals surface area contributed by atoms with Gasteiger partial charge in [0.25, 0.3) is 0 Å². The second-order valence-corrected chi connectivity index (χ2v) is 9.48. The number of rotatable bonds is 20. The lowest BCUT2D eigenvalue weighted by Crippen LogP contribution is -2.15. The van der Waals surface area contributed by atoms with Crippen LogP contribution in [0.1, 0.15) is 143 Å². The number of esters is 1. The van der Waals surface area contributed by atoms with Crippen LogP contribution in [-0.4, -0.2) is 31.6 Å². The van der Waals surface area contributed by atoms with E-state index in [4.69, 9.17) is 9.47 Å². The van der Waals surface area contributed by atoms with Crippen molar-refractivity contribution < 1.29 is 19.1 Å². The molecule has 0 saturated carbocycles. The van der Waals surface area contributed by atoms with Crippen molar-refractivity contribution in [3.8, 4) is 0 Å². The molecule has 0 heterocycles. The van der Waals surface area contributed by atoms with Crippen LogP contribution < -0.4 is 0 Å². The minimum Gasteiger partial charge on any atom is -0.466 e. The Morgan fingerprint density at radius 2 is 1.00 bits per heavy atom. The van der Waals surface area contributed by atoms with E-state index in [1.807, 2.05) is 27.7 Å². The Labute approximate surface area is 194 Å². The number of ether oxygens (including phenoxy) is 2. The molecule has 0 radical (unpaired) electrons. The van der Waals surface area contributed by atoms with Crippen molar-refractivity contribution in [1.82, 2.24) is 0 Å². The lowest BCUT2D eigenvalue weighted by molar-refractivity contribution is -0.143. The molecule has 0 aliphatic heterocycles. The highest BCUT2D eigenvalue weighted by Crippen LogP contribution is 2.14. The van der Waals surface area contributed by atoms with Gasteiger partial charge in [0.15, 0.2) is 0 Å². The standard InChI is InChI=1S/C22H42O3.C5H12O/c1-2-25-22(24)20-18-16-14-12-10-8-6-4-3-5-7-9-11-13-15-17-19-21-23;1-5(2,3)6-4/h21H,2-20H2,1H3;1-4H3. The molecule has 0 aromatic carbocycles. The molecule has 4 nitrogen and oxygen atoms in total. The SMILES string of the molecule is CCOC(=O)CCCCCCCCCCCCCCCCCCC=O.COC(C)(C)C. The third kappa shape index (κ3) is 33.9. The number of carbonyl (C=O) groups is 2. The predicted molar refractivity (Wildman–Crippen MR) is 133 cm³/mol. The van der Waals surface area contributed by atoms with E-state index in [2.05, 4.69) is 0 Å². The van der Waals surface area contributed by atoms with Gasteiger partial charge in [0.2, 0.25) is 0 Å². The molecule has 0 bridgehead atoms. The van der Waals surface area contributed by atoms with Gasteiger partial charge >= 0.3 is 5.97 Å². The number of hydrogen-bond donors (Lipinski definition) is 0. The summed E-state index contributed by atoms with van der Waals surface area (Å²) in [5.41, 5.74) is 0.0417. The first-order valence-electron chi connectivity index (χ1n) is 13.0. The average Bonchev–Trinajstić information content (AvgIpc) is 2.73. The number of unbranched alkanes of at least 4 members (excludes halogenated alkanes) is 16. The molecule has 0 atom stereocenters. The average molecular weight is 443 g/mol. The smallest absolute Gasteiger partial charge is 0.305 e. The van der Waals surface area contributed by atoms with E-state index in [0.717, 1.165) is 32.0 Å². The van der Waals surface area contributed by atoms with Gasteiger partial charge < -0.3 is 14.3 Å². The molecule has 31 heavy (non-hydrogen) atoms. The summed E-state index contributed by atoms with van der Waals surface area (Å²) in [6.45, 7) is 8.42. The molecule has 0 unspecified atom stereocenters. The van der Waals surface area contributed by atoms with Crippen LogP contribution in [0.2, 0.25) is 0 Å². The highest BCUT2D eigenvalue weighted by atomic mass is 16.5. The van der Waals surface area contributed by atoms with Crippen molar-refractivity contribution in [2.45, 2.75) is 149 Å². The molecular formula is C27H54O4. The van der Waals surface area contributed by atoms with E-state index < -0.39 is 0 Å². The van der Waals surface area contributed by atoms with Crippen LogP contribution in [0.5, 0.6) is 0 Å². The Bertz CT molecular complexity index is 374. The monoisotopic (exact) mass is 442 g/mol. The van der Waals surface area contributed by atoms with Crippen LogP contribution in [0.15, 0.2) is 0 Å². The molecule has 0 aromatic rings. The van der Waals surface area contributed by atoms with Gasteiger partial charge in [-0.05, 0) is 40.5 Å². The molecule has 0 aliphatic rings. The van der Waals surface area contributed by atoms with Crippen molar-refractivity contribution in [2.75, 3.05) is 13.7 Å². The first kappa shape index (κ1) is 32.3. The largest absolute Gasteiger partial charge is 0.466 e. The molecule has 0 saturated heterocycles.